The highest BCUT2D eigenvalue weighted by Crippen LogP contribution is 2.23. The molecule has 0 spiro atoms. The van der Waals surface area contributed by atoms with Crippen LogP contribution in [0.25, 0.3) is 10.9 Å². The molecule has 0 radical (unpaired) electrons. The molecule has 6 nitrogen and oxygen atoms in total. The van der Waals surface area contributed by atoms with Gasteiger partial charge in [0.15, 0.2) is 5.76 Å². The third kappa shape index (κ3) is 3.71. The number of rotatable bonds is 7. The predicted octanol–water partition coefficient (Wildman–Crippen LogP) is 4.38. The Labute approximate surface area is 139 Å². The van der Waals surface area contributed by atoms with Crippen LogP contribution in [0.1, 0.15) is 19.1 Å². The molecule has 3 rings (SSSR count). The van der Waals surface area contributed by atoms with Gasteiger partial charge in [0, 0.05) is 24.1 Å². The van der Waals surface area contributed by atoms with E-state index < -0.39 is 4.92 Å². The summed E-state index contributed by atoms with van der Waals surface area (Å²) >= 11 is 0. The van der Waals surface area contributed by atoms with Crippen LogP contribution in [0, 0.1) is 16.0 Å². The number of ether oxygens (including phenoxy) is 1. The Morgan fingerprint density at radius 3 is 3.04 bits per heavy atom. The Morgan fingerprint density at radius 1 is 1.33 bits per heavy atom. The molecule has 3 aromatic rings. The molecule has 1 aromatic carbocycles. The van der Waals surface area contributed by atoms with Crippen molar-refractivity contribution in [1.82, 2.24) is 4.98 Å². The van der Waals surface area contributed by atoms with Crippen molar-refractivity contribution in [1.29, 1.82) is 0 Å². The third-order valence-corrected chi connectivity index (χ3v) is 3.89. The van der Waals surface area contributed by atoms with Gasteiger partial charge in [-0.3, -0.25) is 15.1 Å². The molecule has 0 saturated heterocycles. The molecule has 1 atom stereocenters. The quantitative estimate of drug-likeness (QED) is 0.475. The van der Waals surface area contributed by atoms with Gasteiger partial charge in [-0.1, -0.05) is 13.0 Å². The molecule has 1 unspecified atom stereocenters. The van der Waals surface area contributed by atoms with Gasteiger partial charge >= 0.3 is 5.69 Å². The Morgan fingerprint density at radius 2 is 2.21 bits per heavy atom. The first kappa shape index (κ1) is 16.0. The largest absolute Gasteiger partial charge is 0.493 e. The smallest absolute Gasteiger partial charge is 0.310 e. The van der Waals surface area contributed by atoms with Gasteiger partial charge in [-0.15, -0.1) is 0 Å². The number of benzene rings is 1. The van der Waals surface area contributed by atoms with E-state index >= 15 is 0 Å². The zero-order valence-electron chi connectivity index (χ0n) is 13.3. The summed E-state index contributed by atoms with van der Waals surface area (Å²) in [6.45, 7) is 2.58. The number of nitro groups is 1. The monoisotopic (exact) mass is 326 g/mol. The summed E-state index contributed by atoms with van der Waals surface area (Å²) in [5.41, 5.74) is 0.942. The second-order valence-electron chi connectivity index (χ2n) is 5.80. The molecule has 0 fully saturated rings. The fraction of sp³-hybridized carbons (Fsp3) is 0.278. The van der Waals surface area contributed by atoms with Gasteiger partial charge in [-0.05, 0) is 30.5 Å². The third-order valence-electron chi connectivity index (χ3n) is 3.89. The van der Waals surface area contributed by atoms with Crippen molar-refractivity contribution in [2.75, 3.05) is 6.61 Å². The van der Waals surface area contributed by atoms with E-state index in [1.165, 1.54) is 12.3 Å². The lowest BCUT2D eigenvalue weighted by Gasteiger charge is -2.12. The van der Waals surface area contributed by atoms with Gasteiger partial charge in [0.2, 0.25) is 0 Å². The molecule has 124 valence electrons. The lowest BCUT2D eigenvalue weighted by molar-refractivity contribution is -0.386. The van der Waals surface area contributed by atoms with Crippen molar-refractivity contribution in [2.24, 2.45) is 5.92 Å². The molecule has 2 heterocycles. The Bertz CT molecular complexity index is 844. The highest BCUT2D eigenvalue weighted by Gasteiger charge is 2.17. The fourth-order valence-electron chi connectivity index (χ4n) is 2.52. The average molecular weight is 326 g/mol. The van der Waals surface area contributed by atoms with E-state index in [0.29, 0.717) is 18.8 Å². The maximum Gasteiger partial charge on any atom is 0.310 e. The van der Waals surface area contributed by atoms with E-state index in [-0.39, 0.29) is 11.6 Å². The molecule has 6 heteroatoms. The molecule has 0 saturated carbocycles. The topological polar surface area (TPSA) is 78.4 Å². The molecule has 0 N–H and O–H groups in total. The molecule has 0 aliphatic heterocycles. The number of pyridine rings is 1. The maximum atomic E-state index is 10.9. The lowest BCUT2D eigenvalue weighted by Crippen LogP contribution is -2.09. The zero-order valence-corrected chi connectivity index (χ0v) is 13.3. The standard InChI is InChI=1S/C18H18N2O4/c1-13(4-7-18-17(20(21)22)8-10-23-18)12-24-15-6-5-14-3-2-9-19-16(14)11-15/h2-3,5-6,8-11,13H,4,7,12H2,1H3. The number of hydrogen-bond acceptors (Lipinski definition) is 5. The van der Waals surface area contributed by atoms with Crippen LogP contribution in [0.5, 0.6) is 5.75 Å². The Kier molecular flexibility index (Phi) is 4.74. The molecular weight excluding hydrogens is 308 g/mol. The minimum absolute atomic E-state index is 0.0451. The van der Waals surface area contributed by atoms with Gasteiger partial charge in [-0.2, -0.15) is 0 Å². The number of nitrogens with zero attached hydrogens (tertiary/aromatic N) is 2. The summed E-state index contributed by atoms with van der Waals surface area (Å²) in [7, 11) is 0. The summed E-state index contributed by atoms with van der Waals surface area (Å²) in [5.74, 6) is 1.44. The normalized spacial score (nSPS) is 12.2. The number of hydrogen-bond donors (Lipinski definition) is 0. The summed E-state index contributed by atoms with van der Waals surface area (Å²) in [6, 6.07) is 11.1. The maximum absolute atomic E-state index is 10.9. The van der Waals surface area contributed by atoms with E-state index in [4.69, 9.17) is 9.15 Å². The number of aromatic nitrogens is 1. The van der Waals surface area contributed by atoms with Crippen LogP contribution in [0.15, 0.2) is 53.3 Å². The van der Waals surface area contributed by atoms with E-state index in [1.807, 2.05) is 37.3 Å². The average Bonchev–Trinajstić information content (AvgIpc) is 3.07. The van der Waals surface area contributed by atoms with Crippen LogP contribution in [-0.2, 0) is 6.42 Å². The van der Waals surface area contributed by atoms with Crippen LogP contribution >= 0.6 is 0 Å². The van der Waals surface area contributed by atoms with Crippen LogP contribution in [0.4, 0.5) is 5.69 Å². The van der Waals surface area contributed by atoms with Gasteiger partial charge in [0.05, 0.1) is 29.4 Å². The number of furan rings is 1. The van der Waals surface area contributed by atoms with Gasteiger partial charge in [0.1, 0.15) is 5.75 Å². The van der Waals surface area contributed by atoms with Crippen molar-refractivity contribution in [3.05, 3.63) is 64.7 Å². The molecule has 24 heavy (non-hydrogen) atoms. The molecule has 0 bridgehead atoms. The Balaban J connectivity index is 1.53. The van der Waals surface area contributed by atoms with Gasteiger partial charge in [0.25, 0.3) is 0 Å². The van der Waals surface area contributed by atoms with E-state index in [0.717, 1.165) is 23.1 Å². The summed E-state index contributed by atoms with van der Waals surface area (Å²) in [6.07, 6.45) is 4.38. The zero-order chi connectivity index (χ0) is 16.9. The highest BCUT2D eigenvalue weighted by molar-refractivity contribution is 5.79. The molecule has 0 amide bonds. The molecular formula is C18H18N2O4. The summed E-state index contributed by atoms with van der Waals surface area (Å²) in [5, 5.41) is 11.9. The highest BCUT2D eigenvalue weighted by atomic mass is 16.6. The van der Waals surface area contributed by atoms with Crippen LogP contribution in [0.2, 0.25) is 0 Å². The van der Waals surface area contributed by atoms with Crippen molar-refractivity contribution in [3.8, 4) is 5.75 Å². The first-order chi connectivity index (χ1) is 11.6. The molecule has 2 aromatic heterocycles. The minimum Gasteiger partial charge on any atom is -0.493 e. The Hall–Kier alpha value is -2.89. The van der Waals surface area contributed by atoms with Crippen LogP contribution in [-0.4, -0.2) is 16.5 Å². The van der Waals surface area contributed by atoms with Gasteiger partial charge < -0.3 is 9.15 Å². The van der Waals surface area contributed by atoms with E-state index in [2.05, 4.69) is 4.98 Å². The summed E-state index contributed by atoms with van der Waals surface area (Å²) in [4.78, 5) is 14.8. The van der Waals surface area contributed by atoms with E-state index in [9.17, 15) is 10.1 Å². The van der Waals surface area contributed by atoms with Crippen molar-refractivity contribution in [2.45, 2.75) is 19.8 Å². The van der Waals surface area contributed by atoms with Crippen molar-refractivity contribution < 1.29 is 14.1 Å². The van der Waals surface area contributed by atoms with Gasteiger partial charge in [-0.25, -0.2) is 0 Å². The number of fused-ring (bicyclic) bond motifs is 1. The summed E-state index contributed by atoms with van der Waals surface area (Å²) < 4.78 is 11.0. The second kappa shape index (κ2) is 7.12. The molecule has 0 aliphatic carbocycles. The van der Waals surface area contributed by atoms with Crippen molar-refractivity contribution >= 4 is 16.6 Å². The van der Waals surface area contributed by atoms with Crippen LogP contribution < -0.4 is 4.74 Å². The lowest BCUT2D eigenvalue weighted by atomic mass is 10.1. The minimum atomic E-state index is -0.415. The first-order valence-corrected chi connectivity index (χ1v) is 7.82. The van der Waals surface area contributed by atoms with Crippen molar-refractivity contribution in [3.63, 3.8) is 0 Å². The second-order valence-corrected chi connectivity index (χ2v) is 5.80. The predicted molar refractivity (Wildman–Crippen MR) is 90.1 cm³/mol. The number of aryl methyl sites for hydroxylation is 1. The van der Waals surface area contributed by atoms with E-state index in [1.54, 1.807) is 6.20 Å². The fourth-order valence-corrected chi connectivity index (χ4v) is 2.52. The SMILES string of the molecule is CC(CCc1occc1[N+](=O)[O-])COc1ccc2cccnc2c1. The first-order valence-electron chi connectivity index (χ1n) is 7.82. The molecule has 0 aliphatic rings. The van der Waals surface area contributed by atoms with Crippen LogP contribution in [0.3, 0.4) is 0 Å².